The molecule has 0 radical (unpaired) electrons. The average Bonchev–Trinajstić information content (AvgIpc) is 3.22. The lowest BCUT2D eigenvalue weighted by molar-refractivity contribution is 0.241. The highest BCUT2D eigenvalue weighted by molar-refractivity contribution is 5.83. The Kier molecular flexibility index (Phi) is 3.59. The van der Waals surface area contributed by atoms with Crippen LogP contribution in [0.1, 0.15) is 41.4 Å². The highest BCUT2D eigenvalue weighted by Gasteiger charge is 2.35. The molecule has 1 unspecified atom stereocenters. The van der Waals surface area contributed by atoms with Crippen molar-refractivity contribution >= 4 is 11.0 Å². The van der Waals surface area contributed by atoms with E-state index in [-0.39, 0.29) is 0 Å². The first-order valence-corrected chi connectivity index (χ1v) is 9.43. The number of pyridine rings is 2. The van der Waals surface area contributed by atoms with Crippen molar-refractivity contribution in [2.75, 3.05) is 13.1 Å². The van der Waals surface area contributed by atoms with E-state index >= 15 is 0 Å². The van der Waals surface area contributed by atoms with Crippen molar-refractivity contribution in [2.24, 2.45) is 0 Å². The molecule has 2 aliphatic rings. The summed E-state index contributed by atoms with van der Waals surface area (Å²) < 4.78 is 2.55. The van der Waals surface area contributed by atoms with E-state index in [4.69, 9.17) is 4.98 Å². The maximum atomic E-state index is 4.97. The fourth-order valence-electron chi connectivity index (χ4n) is 4.73. The van der Waals surface area contributed by atoms with Crippen LogP contribution in [0.15, 0.2) is 36.7 Å². The first kappa shape index (κ1) is 15.1. The zero-order valence-corrected chi connectivity index (χ0v) is 14.8. The minimum atomic E-state index is 0.586. The molecular formula is C21H24N4. The Morgan fingerprint density at radius 2 is 2.00 bits per heavy atom. The summed E-state index contributed by atoms with van der Waals surface area (Å²) in [4.78, 5) is 11.8. The molecule has 0 amide bonds. The second-order valence-electron chi connectivity index (χ2n) is 7.38. The van der Waals surface area contributed by atoms with Crippen LogP contribution in [0.5, 0.6) is 0 Å². The van der Waals surface area contributed by atoms with Gasteiger partial charge >= 0.3 is 0 Å². The highest BCUT2D eigenvalue weighted by atomic mass is 15.2. The van der Waals surface area contributed by atoms with E-state index in [0.717, 1.165) is 25.1 Å². The molecule has 4 nitrogen and oxygen atoms in total. The van der Waals surface area contributed by atoms with Gasteiger partial charge in [0.15, 0.2) is 0 Å². The fourth-order valence-corrected chi connectivity index (χ4v) is 4.73. The second kappa shape index (κ2) is 5.95. The molecule has 128 valence electrons. The van der Waals surface area contributed by atoms with Gasteiger partial charge in [-0.05, 0) is 62.6 Å². The largest absolute Gasteiger partial charge is 0.343 e. The predicted octanol–water partition coefficient (Wildman–Crippen LogP) is 3.68. The summed E-state index contributed by atoms with van der Waals surface area (Å²) in [6.45, 7) is 5.57. The van der Waals surface area contributed by atoms with Crippen LogP contribution in [0.4, 0.5) is 0 Å². The lowest BCUT2D eigenvalue weighted by atomic mass is 9.98. The van der Waals surface area contributed by atoms with Gasteiger partial charge in [-0.1, -0.05) is 0 Å². The number of nitrogens with zero attached hydrogens (tertiary/aromatic N) is 4. The van der Waals surface area contributed by atoms with Crippen molar-refractivity contribution in [2.45, 2.75) is 45.2 Å². The van der Waals surface area contributed by atoms with Gasteiger partial charge in [-0.2, -0.15) is 0 Å². The molecule has 5 heterocycles. The van der Waals surface area contributed by atoms with E-state index in [1.807, 2.05) is 12.4 Å². The van der Waals surface area contributed by atoms with Crippen LogP contribution in [0.2, 0.25) is 0 Å². The van der Waals surface area contributed by atoms with E-state index in [1.54, 1.807) is 0 Å². The van der Waals surface area contributed by atoms with Gasteiger partial charge in [-0.25, -0.2) is 0 Å². The molecule has 0 aromatic carbocycles. The molecule has 1 saturated heterocycles. The Hall–Kier alpha value is -2.20. The molecule has 0 spiro atoms. The molecule has 1 fully saturated rings. The van der Waals surface area contributed by atoms with Gasteiger partial charge in [-0.3, -0.25) is 14.9 Å². The molecule has 3 aromatic rings. The first-order valence-electron chi connectivity index (χ1n) is 9.43. The summed E-state index contributed by atoms with van der Waals surface area (Å²) in [7, 11) is 0. The number of hydrogen-bond acceptors (Lipinski definition) is 3. The van der Waals surface area contributed by atoms with Crippen LogP contribution in [0.25, 0.3) is 11.0 Å². The van der Waals surface area contributed by atoms with Crippen molar-refractivity contribution in [1.29, 1.82) is 0 Å². The molecule has 4 heteroatoms. The van der Waals surface area contributed by atoms with Gasteiger partial charge in [0.25, 0.3) is 0 Å². The zero-order chi connectivity index (χ0) is 16.8. The highest BCUT2D eigenvalue weighted by Crippen LogP contribution is 2.42. The number of fused-ring (bicyclic) bond motifs is 5. The molecule has 0 saturated carbocycles. The molecule has 25 heavy (non-hydrogen) atoms. The topological polar surface area (TPSA) is 34.0 Å². The van der Waals surface area contributed by atoms with Crippen LogP contribution < -0.4 is 0 Å². The van der Waals surface area contributed by atoms with Gasteiger partial charge in [0.2, 0.25) is 0 Å². The van der Waals surface area contributed by atoms with Crippen molar-refractivity contribution in [3.63, 3.8) is 0 Å². The Bertz CT molecular complexity index is 913. The van der Waals surface area contributed by atoms with Gasteiger partial charge in [0, 0.05) is 54.9 Å². The number of hydrogen-bond donors (Lipinski definition) is 0. The van der Waals surface area contributed by atoms with Crippen LogP contribution in [-0.2, 0) is 19.4 Å². The SMILES string of the molecule is Cc1ccc2c(n1)c1c(n2CCc2ccncc2)CCN2CCCC12. The molecule has 2 aliphatic heterocycles. The quantitative estimate of drug-likeness (QED) is 0.734. The average molecular weight is 332 g/mol. The molecule has 0 N–H and O–H groups in total. The van der Waals surface area contributed by atoms with E-state index in [9.17, 15) is 0 Å². The van der Waals surface area contributed by atoms with Crippen molar-refractivity contribution in [1.82, 2.24) is 19.4 Å². The first-order chi connectivity index (χ1) is 12.3. The third-order valence-electron chi connectivity index (χ3n) is 5.90. The summed E-state index contributed by atoms with van der Waals surface area (Å²) in [6.07, 6.45) is 8.57. The molecule has 0 bridgehead atoms. The summed E-state index contributed by atoms with van der Waals surface area (Å²) >= 11 is 0. The minimum absolute atomic E-state index is 0.586. The lowest BCUT2D eigenvalue weighted by Gasteiger charge is -2.30. The third-order valence-corrected chi connectivity index (χ3v) is 5.90. The van der Waals surface area contributed by atoms with Crippen LogP contribution in [0, 0.1) is 6.92 Å². The van der Waals surface area contributed by atoms with Crippen LogP contribution >= 0.6 is 0 Å². The molecule has 1 atom stereocenters. The number of rotatable bonds is 3. The molecule has 0 aliphatic carbocycles. The standard InChI is InChI=1S/C21H24N4/c1-15-4-5-19-21(23-15)20-17-3-2-12-24(17)13-9-18(20)25(19)14-8-16-6-10-22-11-7-16/h4-7,10-11,17H,2-3,8-9,12-14H2,1H3. The van der Waals surface area contributed by atoms with Gasteiger partial charge in [-0.15, -0.1) is 0 Å². The van der Waals surface area contributed by atoms with Crippen molar-refractivity contribution in [3.05, 3.63) is 59.2 Å². The fraction of sp³-hybridized carbons (Fsp3) is 0.429. The van der Waals surface area contributed by atoms with Crippen LogP contribution in [-0.4, -0.2) is 32.5 Å². The normalized spacial score (nSPS) is 20.0. The molecular weight excluding hydrogens is 308 g/mol. The maximum absolute atomic E-state index is 4.97. The third kappa shape index (κ3) is 2.47. The number of aryl methyl sites for hydroxylation is 3. The zero-order valence-electron chi connectivity index (χ0n) is 14.8. The summed E-state index contributed by atoms with van der Waals surface area (Å²) in [5, 5.41) is 0. The summed E-state index contributed by atoms with van der Waals surface area (Å²) in [5.74, 6) is 0. The summed E-state index contributed by atoms with van der Waals surface area (Å²) in [5.41, 5.74) is 8.10. The second-order valence-corrected chi connectivity index (χ2v) is 7.38. The van der Waals surface area contributed by atoms with Crippen molar-refractivity contribution in [3.8, 4) is 0 Å². The Morgan fingerprint density at radius 1 is 1.12 bits per heavy atom. The smallest absolute Gasteiger partial charge is 0.0934 e. The Labute approximate surface area is 148 Å². The Balaban J connectivity index is 1.61. The van der Waals surface area contributed by atoms with E-state index < -0.39 is 0 Å². The van der Waals surface area contributed by atoms with Gasteiger partial charge in [0.05, 0.1) is 11.0 Å². The molecule has 3 aromatic heterocycles. The van der Waals surface area contributed by atoms with Gasteiger partial charge in [0.1, 0.15) is 0 Å². The monoisotopic (exact) mass is 332 g/mol. The summed E-state index contributed by atoms with van der Waals surface area (Å²) in [6, 6.07) is 9.27. The van der Waals surface area contributed by atoms with Crippen molar-refractivity contribution < 1.29 is 0 Å². The van der Waals surface area contributed by atoms with E-state index in [2.05, 4.69) is 45.6 Å². The minimum Gasteiger partial charge on any atom is -0.343 e. The predicted molar refractivity (Wildman–Crippen MR) is 99.7 cm³/mol. The van der Waals surface area contributed by atoms with E-state index in [0.29, 0.717) is 6.04 Å². The number of aromatic nitrogens is 3. The Morgan fingerprint density at radius 3 is 2.88 bits per heavy atom. The lowest BCUT2D eigenvalue weighted by Crippen LogP contribution is -2.31. The van der Waals surface area contributed by atoms with Crippen LogP contribution in [0.3, 0.4) is 0 Å². The maximum Gasteiger partial charge on any atom is 0.0934 e. The molecule has 5 rings (SSSR count). The van der Waals surface area contributed by atoms with E-state index in [1.165, 1.54) is 53.8 Å². The van der Waals surface area contributed by atoms with Gasteiger partial charge < -0.3 is 4.57 Å².